The van der Waals surface area contributed by atoms with Crippen molar-refractivity contribution in [1.82, 2.24) is 4.90 Å². The Kier molecular flexibility index (Phi) is 3.74. The van der Waals surface area contributed by atoms with Gasteiger partial charge in [0.1, 0.15) is 0 Å². The Morgan fingerprint density at radius 1 is 1.35 bits per heavy atom. The van der Waals surface area contributed by atoms with Gasteiger partial charge in [0.15, 0.2) is 11.6 Å². The molecule has 2 atom stereocenters. The van der Waals surface area contributed by atoms with Crippen LogP contribution in [0, 0.1) is 11.6 Å². The molecule has 0 amide bonds. The fourth-order valence-electron chi connectivity index (χ4n) is 2.58. The minimum Gasteiger partial charge on any atom is -0.326 e. The van der Waals surface area contributed by atoms with E-state index in [1.54, 1.807) is 6.07 Å². The average molecular weight is 240 g/mol. The molecule has 1 aliphatic heterocycles. The van der Waals surface area contributed by atoms with E-state index < -0.39 is 11.6 Å². The molecule has 17 heavy (non-hydrogen) atoms. The summed E-state index contributed by atoms with van der Waals surface area (Å²) < 4.78 is 26.1. The molecule has 2 unspecified atom stereocenters. The monoisotopic (exact) mass is 240 g/mol. The van der Waals surface area contributed by atoms with Crippen molar-refractivity contribution in [2.75, 3.05) is 13.1 Å². The van der Waals surface area contributed by atoms with Gasteiger partial charge in [0.25, 0.3) is 0 Å². The van der Waals surface area contributed by atoms with E-state index >= 15 is 0 Å². The van der Waals surface area contributed by atoms with Crippen LogP contribution in [-0.2, 0) is 0 Å². The summed E-state index contributed by atoms with van der Waals surface area (Å²) in [5.41, 5.74) is 6.84. The number of rotatable bonds is 3. The molecule has 4 heteroatoms. The summed E-state index contributed by atoms with van der Waals surface area (Å²) >= 11 is 0. The molecule has 1 saturated heterocycles. The highest BCUT2D eigenvalue weighted by molar-refractivity contribution is 5.24. The summed E-state index contributed by atoms with van der Waals surface area (Å²) in [5, 5.41) is 0. The van der Waals surface area contributed by atoms with Gasteiger partial charge in [-0.2, -0.15) is 0 Å². The highest BCUT2D eigenvalue weighted by atomic mass is 19.2. The lowest BCUT2D eigenvalue weighted by atomic mass is 10.0. The fraction of sp³-hybridized carbons (Fsp3) is 0.538. The zero-order valence-electron chi connectivity index (χ0n) is 10.00. The molecule has 1 aromatic carbocycles. The van der Waals surface area contributed by atoms with Crippen molar-refractivity contribution < 1.29 is 8.78 Å². The fourth-order valence-corrected chi connectivity index (χ4v) is 2.58. The van der Waals surface area contributed by atoms with Crippen molar-refractivity contribution in [3.05, 3.63) is 35.4 Å². The topological polar surface area (TPSA) is 29.3 Å². The molecule has 2 nitrogen and oxygen atoms in total. The lowest BCUT2D eigenvalue weighted by molar-refractivity contribution is 0.247. The van der Waals surface area contributed by atoms with Gasteiger partial charge in [-0.05, 0) is 37.1 Å². The van der Waals surface area contributed by atoms with Crippen LogP contribution in [0.1, 0.15) is 31.4 Å². The predicted molar refractivity (Wildman–Crippen MR) is 63.6 cm³/mol. The van der Waals surface area contributed by atoms with Gasteiger partial charge >= 0.3 is 0 Å². The molecule has 0 aliphatic carbocycles. The second-order valence-electron chi connectivity index (χ2n) is 4.61. The number of halogens is 2. The maximum absolute atomic E-state index is 13.2. The van der Waals surface area contributed by atoms with Crippen molar-refractivity contribution in [2.24, 2.45) is 5.73 Å². The van der Waals surface area contributed by atoms with Crippen molar-refractivity contribution in [3.8, 4) is 0 Å². The SMILES string of the molecule is CCCN1CCC(N)C1c1ccc(F)c(F)c1. The summed E-state index contributed by atoms with van der Waals surface area (Å²) in [6.45, 7) is 3.97. The minimum atomic E-state index is -0.803. The lowest BCUT2D eigenvalue weighted by Crippen LogP contribution is -2.32. The third-order valence-corrected chi connectivity index (χ3v) is 3.34. The van der Waals surface area contributed by atoms with E-state index in [1.807, 2.05) is 0 Å². The van der Waals surface area contributed by atoms with E-state index in [4.69, 9.17) is 5.73 Å². The highest BCUT2D eigenvalue weighted by Crippen LogP contribution is 2.31. The van der Waals surface area contributed by atoms with Crippen LogP contribution in [0.5, 0.6) is 0 Å². The molecule has 0 radical (unpaired) electrons. The van der Waals surface area contributed by atoms with Crippen LogP contribution >= 0.6 is 0 Å². The van der Waals surface area contributed by atoms with Gasteiger partial charge in [-0.3, -0.25) is 4.90 Å². The molecule has 2 N–H and O–H groups in total. The summed E-state index contributed by atoms with van der Waals surface area (Å²) in [6.07, 6.45) is 1.94. The van der Waals surface area contributed by atoms with E-state index in [0.717, 1.165) is 31.5 Å². The second kappa shape index (κ2) is 5.10. The summed E-state index contributed by atoms with van der Waals surface area (Å²) in [7, 11) is 0. The smallest absolute Gasteiger partial charge is 0.159 e. The number of nitrogens with two attached hydrogens (primary N) is 1. The first-order valence-electron chi connectivity index (χ1n) is 6.08. The second-order valence-corrected chi connectivity index (χ2v) is 4.61. The van der Waals surface area contributed by atoms with Crippen LogP contribution in [-0.4, -0.2) is 24.0 Å². The van der Waals surface area contributed by atoms with Gasteiger partial charge in [-0.25, -0.2) is 8.78 Å². The summed E-state index contributed by atoms with van der Waals surface area (Å²) in [4.78, 5) is 2.25. The van der Waals surface area contributed by atoms with Crippen LogP contribution in [0.4, 0.5) is 8.78 Å². The van der Waals surface area contributed by atoms with E-state index in [9.17, 15) is 8.78 Å². The van der Waals surface area contributed by atoms with Crippen LogP contribution in [0.15, 0.2) is 18.2 Å². The third-order valence-electron chi connectivity index (χ3n) is 3.34. The van der Waals surface area contributed by atoms with Gasteiger partial charge in [-0.15, -0.1) is 0 Å². The standard InChI is InChI=1S/C13H18F2N2/c1-2-6-17-7-5-12(16)13(17)9-3-4-10(14)11(15)8-9/h3-4,8,12-13H,2,5-7,16H2,1H3. The van der Waals surface area contributed by atoms with Crippen LogP contribution in [0.2, 0.25) is 0 Å². The largest absolute Gasteiger partial charge is 0.326 e. The molecule has 1 aliphatic rings. The number of nitrogens with zero attached hydrogens (tertiary/aromatic N) is 1. The first kappa shape index (κ1) is 12.5. The van der Waals surface area contributed by atoms with Gasteiger partial charge < -0.3 is 5.73 Å². The molecule has 1 fully saturated rings. The quantitative estimate of drug-likeness (QED) is 0.879. The Hall–Kier alpha value is -1.00. The molecule has 0 bridgehead atoms. The Labute approximate surface area is 100 Å². The van der Waals surface area contributed by atoms with Crippen molar-refractivity contribution in [2.45, 2.75) is 31.8 Å². The first-order chi connectivity index (χ1) is 8.13. The van der Waals surface area contributed by atoms with E-state index in [-0.39, 0.29) is 12.1 Å². The van der Waals surface area contributed by atoms with Gasteiger partial charge in [0.05, 0.1) is 6.04 Å². The molecule has 0 aromatic heterocycles. The van der Waals surface area contributed by atoms with Gasteiger partial charge in [0, 0.05) is 12.6 Å². The summed E-state index contributed by atoms with van der Waals surface area (Å²) in [5.74, 6) is -1.60. The number of benzene rings is 1. The molecule has 1 heterocycles. The van der Waals surface area contributed by atoms with E-state index in [1.165, 1.54) is 12.1 Å². The van der Waals surface area contributed by atoms with Crippen molar-refractivity contribution in [3.63, 3.8) is 0 Å². The molecule has 0 saturated carbocycles. The van der Waals surface area contributed by atoms with E-state index in [2.05, 4.69) is 11.8 Å². The Bertz CT molecular complexity index is 393. The predicted octanol–water partition coefficient (Wildman–Crippen LogP) is 2.45. The maximum atomic E-state index is 13.2. The van der Waals surface area contributed by atoms with E-state index in [0.29, 0.717) is 0 Å². The van der Waals surface area contributed by atoms with Crippen molar-refractivity contribution >= 4 is 0 Å². The zero-order valence-corrected chi connectivity index (χ0v) is 10.00. The number of likely N-dealkylation sites (tertiary alicyclic amines) is 1. The average Bonchev–Trinajstić information content (AvgIpc) is 2.65. The minimum absolute atomic E-state index is 0.00594. The van der Waals surface area contributed by atoms with Crippen LogP contribution < -0.4 is 5.73 Å². The Balaban J connectivity index is 2.26. The maximum Gasteiger partial charge on any atom is 0.159 e. The highest BCUT2D eigenvalue weighted by Gasteiger charge is 2.32. The number of hydrogen-bond donors (Lipinski definition) is 1. The third kappa shape index (κ3) is 2.48. The molecular weight excluding hydrogens is 222 g/mol. The molecule has 0 spiro atoms. The number of hydrogen-bond acceptors (Lipinski definition) is 2. The van der Waals surface area contributed by atoms with Crippen molar-refractivity contribution in [1.29, 1.82) is 0 Å². The van der Waals surface area contributed by atoms with Gasteiger partial charge in [-0.1, -0.05) is 13.0 Å². The molecule has 94 valence electrons. The first-order valence-corrected chi connectivity index (χ1v) is 6.08. The Morgan fingerprint density at radius 2 is 2.12 bits per heavy atom. The van der Waals surface area contributed by atoms with Gasteiger partial charge in [0.2, 0.25) is 0 Å². The molecule has 2 rings (SSSR count). The van der Waals surface area contributed by atoms with Crippen LogP contribution in [0.25, 0.3) is 0 Å². The summed E-state index contributed by atoms with van der Waals surface area (Å²) in [6, 6.07) is 4.11. The molecule has 1 aromatic rings. The normalized spacial score (nSPS) is 25.4. The lowest BCUT2D eigenvalue weighted by Gasteiger charge is -2.26. The zero-order chi connectivity index (χ0) is 12.4. The Morgan fingerprint density at radius 3 is 2.76 bits per heavy atom. The van der Waals surface area contributed by atoms with Crippen LogP contribution in [0.3, 0.4) is 0 Å². The molecular formula is C13H18F2N2.